The molecule has 0 radical (unpaired) electrons. The maximum atomic E-state index is 12.4. The number of carbonyl (C=O) groups excluding carboxylic acids is 2. The summed E-state index contributed by atoms with van der Waals surface area (Å²) < 4.78 is 0. The van der Waals surface area contributed by atoms with Crippen molar-refractivity contribution < 1.29 is 14.7 Å². The van der Waals surface area contributed by atoms with E-state index in [-0.39, 0.29) is 17.9 Å². The first kappa shape index (κ1) is 12.4. The molecule has 0 saturated heterocycles. The van der Waals surface area contributed by atoms with E-state index in [1.165, 1.54) is 4.90 Å². The average Bonchev–Trinajstić information content (AvgIpc) is 2.57. The third-order valence-electron chi connectivity index (χ3n) is 4.10. The lowest BCUT2D eigenvalue weighted by Crippen LogP contribution is -2.46. The summed E-state index contributed by atoms with van der Waals surface area (Å²) in [6.07, 6.45) is 3.74. The van der Waals surface area contributed by atoms with E-state index in [0.29, 0.717) is 24.0 Å². The van der Waals surface area contributed by atoms with Crippen LogP contribution in [0.15, 0.2) is 24.3 Å². The lowest BCUT2D eigenvalue weighted by atomic mass is 10.0. The van der Waals surface area contributed by atoms with Crippen LogP contribution in [0.4, 0.5) is 0 Å². The molecule has 4 heteroatoms. The SMILES string of the molecule is O=C1c2ccccc2C(=O)N1C1CCCCCC1O. The second kappa shape index (κ2) is 4.78. The van der Waals surface area contributed by atoms with Gasteiger partial charge in [0, 0.05) is 0 Å². The van der Waals surface area contributed by atoms with Crippen LogP contribution in [0.5, 0.6) is 0 Å². The molecule has 1 aromatic carbocycles. The number of nitrogens with zero attached hydrogens (tertiary/aromatic N) is 1. The number of fused-ring (bicyclic) bond motifs is 1. The first-order chi connectivity index (χ1) is 9.20. The molecule has 1 saturated carbocycles. The lowest BCUT2D eigenvalue weighted by Gasteiger charge is -2.28. The molecular formula is C15H17NO3. The minimum Gasteiger partial charge on any atom is -0.391 e. The average molecular weight is 259 g/mol. The molecule has 0 bridgehead atoms. The molecule has 1 fully saturated rings. The Balaban J connectivity index is 1.94. The number of aliphatic hydroxyl groups is 1. The number of benzene rings is 1. The van der Waals surface area contributed by atoms with Gasteiger partial charge in [-0.1, -0.05) is 31.4 Å². The highest BCUT2D eigenvalue weighted by molar-refractivity contribution is 6.21. The van der Waals surface area contributed by atoms with Gasteiger partial charge in [-0.05, 0) is 25.0 Å². The molecule has 1 N–H and O–H groups in total. The predicted octanol–water partition coefficient (Wildman–Crippen LogP) is 1.98. The van der Waals surface area contributed by atoms with Gasteiger partial charge in [-0.25, -0.2) is 0 Å². The van der Waals surface area contributed by atoms with Gasteiger partial charge >= 0.3 is 0 Å². The van der Waals surface area contributed by atoms with E-state index in [1.54, 1.807) is 24.3 Å². The lowest BCUT2D eigenvalue weighted by molar-refractivity contribution is 0.0321. The summed E-state index contributed by atoms with van der Waals surface area (Å²) in [5.74, 6) is -0.516. The topological polar surface area (TPSA) is 57.6 Å². The van der Waals surface area contributed by atoms with E-state index in [0.717, 1.165) is 19.3 Å². The van der Waals surface area contributed by atoms with Crippen molar-refractivity contribution in [3.8, 4) is 0 Å². The molecule has 4 nitrogen and oxygen atoms in total. The highest BCUT2D eigenvalue weighted by Crippen LogP contribution is 2.30. The highest BCUT2D eigenvalue weighted by Gasteiger charge is 2.42. The molecule has 19 heavy (non-hydrogen) atoms. The fraction of sp³-hybridized carbons (Fsp3) is 0.467. The summed E-state index contributed by atoms with van der Waals surface area (Å²) in [7, 11) is 0. The van der Waals surface area contributed by atoms with E-state index >= 15 is 0 Å². The van der Waals surface area contributed by atoms with Gasteiger partial charge in [0.25, 0.3) is 11.8 Å². The Hall–Kier alpha value is -1.68. The van der Waals surface area contributed by atoms with Gasteiger partial charge in [0.2, 0.25) is 0 Å². The minimum absolute atomic E-state index is 0.258. The molecule has 2 unspecified atom stereocenters. The number of amides is 2. The zero-order valence-corrected chi connectivity index (χ0v) is 10.7. The van der Waals surface area contributed by atoms with Crippen LogP contribution in [0.3, 0.4) is 0 Å². The minimum atomic E-state index is -0.593. The second-order valence-electron chi connectivity index (χ2n) is 5.30. The maximum Gasteiger partial charge on any atom is 0.261 e. The highest BCUT2D eigenvalue weighted by atomic mass is 16.3. The van der Waals surface area contributed by atoms with Gasteiger partial charge < -0.3 is 5.11 Å². The Bertz CT molecular complexity index is 491. The van der Waals surface area contributed by atoms with Gasteiger partial charge in [-0.2, -0.15) is 0 Å². The Morgan fingerprint density at radius 1 is 0.947 bits per heavy atom. The van der Waals surface area contributed by atoms with Crippen LogP contribution in [0.2, 0.25) is 0 Å². The van der Waals surface area contributed by atoms with Crippen LogP contribution in [0, 0.1) is 0 Å². The fourth-order valence-electron chi connectivity index (χ4n) is 3.08. The third-order valence-corrected chi connectivity index (χ3v) is 4.10. The molecule has 0 spiro atoms. The molecule has 100 valence electrons. The number of hydrogen-bond acceptors (Lipinski definition) is 3. The Morgan fingerprint density at radius 3 is 2.16 bits per heavy atom. The fourth-order valence-corrected chi connectivity index (χ4v) is 3.08. The Morgan fingerprint density at radius 2 is 1.53 bits per heavy atom. The van der Waals surface area contributed by atoms with Gasteiger partial charge in [-0.3, -0.25) is 14.5 Å². The van der Waals surface area contributed by atoms with Crippen molar-refractivity contribution >= 4 is 11.8 Å². The molecule has 1 aliphatic heterocycles. The third kappa shape index (κ3) is 1.96. The van der Waals surface area contributed by atoms with Crippen LogP contribution >= 0.6 is 0 Å². The number of aliphatic hydroxyl groups excluding tert-OH is 1. The van der Waals surface area contributed by atoms with Crippen molar-refractivity contribution in [2.45, 2.75) is 44.2 Å². The number of carbonyl (C=O) groups is 2. The molecule has 2 aliphatic rings. The van der Waals surface area contributed by atoms with E-state index < -0.39 is 6.10 Å². The summed E-state index contributed by atoms with van der Waals surface area (Å²) in [5, 5.41) is 10.2. The van der Waals surface area contributed by atoms with Crippen LogP contribution in [0.1, 0.15) is 52.8 Å². The van der Waals surface area contributed by atoms with Crippen molar-refractivity contribution in [2.75, 3.05) is 0 Å². The van der Waals surface area contributed by atoms with Crippen molar-refractivity contribution in [3.05, 3.63) is 35.4 Å². The van der Waals surface area contributed by atoms with Crippen molar-refractivity contribution in [1.82, 2.24) is 4.90 Å². The number of imide groups is 1. The molecule has 1 aromatic rings. The van der Waals surface area contributed by atoms with Crippen molar-refractivity contribution in [1.29, 1.82) is 0 Å². The molecule has 1 heterocycles. The summed E-state index contributed by atoms with van der Waals surface area (Å²) in [6, 6.07) is 6.51. The van der Waals surface area contributed by atoms with Crippen LogP contribution in [0.25, 0.3) is 0 Å². The van der Waals surface area contributed by atoms with Crippen LogP contribution in [-0.2, 0) is 0 Å². The predicted molar refractivity (Wildman–Crippen MR) is 69.8 cm³/mol. The summed E-state index contributed by atoms with van der Waals surface area (Å²) in [5.41, 5.74) is 0.924. The zero-order chi connectivity index (χ0) is 13.4. The molecule has 2 atom stereocenters. The summed E-state index contributed by atoms with van der Waals surface area (Å²) in [6.45, 7) is 0. The van der Waals surface area contributed by atoms with Gasteiger partial charge in [0.15, 0.2) is 0 Å². The normalized spacial score (nSPS) is 27.3. The maximum absolute atomic E-state index is 12.4. The monoisotopic (exact) mass is 259 g/mol. The Kier molecular flexibility index (Phi) is 3.11. The first-order valence-corrected chi connectivity index (χ1v) is 6.85. The number of hydrogen-bond donors (Lipinski definition) is 1. The quantitative estimate of drug-likeness (QED) is 0.619. The van der Waals surface area contributed by atoms with Crippen molar-refractivity contribution in [3.63, 3.8) is 0 Å². The van der Waals surface area contributed by atoms with Gasteiger partial charge in [0.05, 0.1) is 23.3 Å². The Labute approximate surface area is 112 Å². The molecule has 0 aromatic heterocycles. The van der Waals surface area contributed by atoms with Crippen molar-refractivity contribution in [2.24, 2.45) is 0 Å². The summed E-state index contributed by atoms with van der Waals surface area (Å²) in [4.78, 5) is 26.0. The largest absolute Gasteiger partial charge is 0.391 e. The van der Waals surface area contributed by atoms with E-state index in [9.17, 15) is 14.7 Å². The summed E-state index contributed by atoms with van der Waals surface area (Å²) >= 11 is 0. The smallest absolute Gasteiger partial charge is 0.261 e. The molecule has 2 amide bonds. The van der Waals surface area contributed by atoms with Gasteiger partial charge in [0.1, 0.15) is 0 Å². The van der Waals surface area contributed by atoms with E-state index in [4.69, 9.17) is 0 Å². The standard InChI is InChI=1S/C15H17NO3/c17-13-9-3-1-2-8-12(13)16-14(18)10-6-4-5-7-11(10)15(16)19/h4-7,12-13,17H,1-3,8-9H2. The zero-order valence-electron chi connectivity index (χ0n) is 10.7. The van der Waals surface area contributed by atoms with E-state index in [2.05, 4.69) is 0 Å². The van der Waals surface area contributed by atoms with E-state index in [1.807, 2.05) is 0 Å². The molecule has 1 aliphatic carbocycles. The second-order valence-corrected chi connectivity index (χ2v) is 5.30. The van der Waals surface area contributed by atoms with Crippen LogP contribution in [-0.4, -0.2) is 34.0 Å². The first-order valence-electron chi connectivity index (χ1n) is 6.85. The molecule has 3 rings (SSSR count). The molecular weight excluding hydrogens is 242 g/mol. The van der Waals surface area contributed by atoms with Gasteiger partial charge in [-0.15, -0.1) is 0 Å². The van der Waals surface area contributed by atoms with Crippen LogP contribution < -0.4 is 0 Å². The number of rotatable bonds is 1.